The van der Waals surface area contributed by atoms with Gasteiger partial charge < -0.3 is 34.5 Å². The van der Waals surface area contributed by atoms with Gasteiger partial charge in [0, 0.05) is 19.6 Å². The van der Waals surface area contributed by atoms with Crippen LogP contribution in [-0.4, -0.2) is 79.7 Å². The van der Waals surface area contributed by atoms with Crippen LogP contribution in [0, 0.1) is 0 Å². The Balaban J connectivity index is 1.37. The number of nitrogens with zero attached hydrogens (tertiary/aromatic N) is 1. The van der Waals surface area contributed by atoms with Crippen molar-refractivity contribution in [1.29, 1.82) is 0 Å². The van der Waals surface area contributed by atoms with Crippen LogP contribution in [0.15, 0.2) is 42.5 Å². The molecule has 34 heavy (non-hydrogen) atoms. The standard InChI is InChI=1S/C25H32N2O7/c1-31-19-3-5-20(6-4-19)32-11-9-24(29)26-21(16-27-10-8-18(28)15-27)25(30)17-2-7-22-23(14-17)34-13-12-33-22/h2-7,14,18,21,25,28,30H,8-13,15-16H2,1H3,(H,26,29)/t18-,21+,25?/m0/s1. The Kier molecular flexibility index (Phi) is 8.10. The number of fused-ring (bicyclic) bond motifs is 1. The fourth-order valence-electron chi connectivity index (χ4n) is 4.17. The average Bonchev–Trinajstić information content (AvgIpc) is 3.27. The molecule has 2 aromatic rings. The quantitative estimate of drug-likeness (QED) is 0.478. The molecule has 0 radical (unpaired) electrons. The van der Waals surface area contributed by atoms with E-state index in [9.17, 15) is 15.0 Å². The van der Waals surface area contributed by atoms with Gasteiger partial charge in [-0.15, -0.1) is 0 Å². The maximum absolute atomic E-state index is 12.7. The van der Waals surface area contributed by atoms with Gasteiger partial charge in [-0.1, -0.05) is 6.07 Å². The van der Waals surface area contributed by atoms with Gasteiger partial charge in [-0.2, -0.15) is 0 Å². The summed E-state index contributed by atoms with van der Waals surface area (Å²) in [7, 11) is 1.60. The number of rotatable bonds is 10. The summed E-state index contributed by atoms with van der Waals surface area (Å²) in [4.78, 5) is 14.8. The highest BCUT2D eigenvalue weighted by atomic mass is 16.6. The third kappa shape index (κ3) is 6.31. The Morgan fingerprint density at radius 3 is 2.59 bits per heavy atom. The van der Waals surface area contributed by atoms with Crippen LogP contribution in [0.5, 0.6) is 23.0 Å². The van der Waals surface area contributed by atoms with Gasteiger partial charge in [0.2, 0.25) is 5.91 Å². The van der Waals surface area contributed by atoms with Gasteiger partial charge in [-0.25, -0.2) is 0 Å². The lowest BCUT2D eigenvalue weighted by Crippen LogP contribution is -2.47. The van der Waals surface area contributed by atoms with Crippen LogP contribution < -0.4 is 24.3 Å². The molecule has 0 saturated carbocycles. The Labute approximate surface area is 199 Å². The molecule has 0 bridgehead atoms. The molecule has 3 N–H and O–H groups in total. The lowest BCUT2D eigenvalue weighted by atomic mass is 10.0. The number of aliphatic hydroxyl groups is 2. The van der Waals surface area contributed by atoms with Crippen LogP contribution in [0.25, 0.3) is 0 Å². The van der Waals surface area contributed by atoms with E-state index in [1.807, 2.05) is 4.90 Å². The monoisotopic (exact) mass is 472 g/mol. The molecule has 0 aromatic heterocycles. The minimum absolute atomic E-state index is 0.138. The number of β-amino-alcohol motifs (C(OH)–C–C–N with tert-alkyl or cyclic N) is 1. The lowest BCUT2D eigenvalue weighted by molar-refractivity contribution is -0.123. The highest BCUT2D eigenvalue weighted by molar-refractivity contribution is 5.76. The summed E-state index contributed by atoms with van der Waals surface area (Å²) in [6.45, 7) is 2.78. The number of benzene rings is 2. The normalized spacial score (nSPS) is 19.3. The summed E-state index contributed by atoms with van der Waals surface area (Å²) in [6.07, 6.45) is -0.532. The summed E-state index contributed by atoms with van der Waals surface area (Å²) in [6, 6.07) is 11.9. The smallest absolute Gasteiger partial charge is 0.223 e. The second-order valence-corrected chi connectivity index (χ2v) is 8.50. The molecule has 2 heterocycles. The predicted octanol–water partition coefficient (Wildman–Crippen LogP) is 1.52. The molecule has 0 spiro atoms. The van der Waals surface area contributed by atoms with E-state index in [0.717, 1.165) is 5.75 Å². The number of amides is 1. The number of methoxy groups -OCH3 is 1. The number of hydrogen-bond acceptors (Lipinski definition) is 8. The van der Waals surface area contributed by atoms with Gasteiger partial charge in [-0.05, 0) is 48.4 Å². The highest BCUT2D eigenvalue weighted by Crippen LogP contribution is 2.33. The Bertz CT molecular complexity index is 953. The minimum Gasteiger partial charge on any atom is -0.497 e. The highest BCUT2D eigenvalue weighted by Gasteiger charge is 2.29. The first kappa shape index (κ1) is 24.1. The Morgan fingerprint density at radius 1 is 1.15 bits per heavy atom. The molecule has 1 amide bonds. The molecule has 1 saturated heterocycles. The molecule has 2 aromatic carbocycles. The molecule has 1 unspecified atom stereocenters. The van der Waals surface area contributed by atoms with Crippen molar-refractivity contribution >= 4 is 5.91 Å². The van der Waals surface area contributed by atoms with E-state index < -0.39 is 12.1 Å². The molecule has 3 atom stereocenters. The third-order valence-electron chi connectivity index (χ3n) is 5.99. The Morgan fingerprint density at radius 2 is 1.88 bits per heavy atom. The zero-order valence-corrected chi connectivity index (χ0v) is 19.3. The van der Waals surface area contributed by atoms with Crippen LogP contribution in [0.4, 0.5) is 0 Å². The van der Waals surface area contributed by atoms with Gasteiger partial charge in [-0.3, -0.25) is 9.69 Å². The summed E-state index contributed by atoms with van der Waals surface area (Å²) in [5.74, 6) is 2.37. The van der Waals surface area contributed by atoms with E-state index in [2.05, 4.69) is 5.32 Å². The van der Waals surface area contributed by atoms with E-state index in [1.54, 1.807) is 49.6 Å². The third-order valence-corrected chi connectivity index (χ3v) is 5.99. The zero-order chi connectivity index (χ0) is 23.9. The molecule has 0 aliphatic carbocycles. The number of carbonyl (C=O) groups excluding carboxylic acids is 1. The van der Waals surface area contributed by atoms with Crippen molar-refractivity contribution in [1.82, 2.24) is 10.2 Å². The minimum atomic E-state index is -0.958. The lowest BCUT2D eigenvalue weighted by Gasteiger charge is -2.29. The van der Waals surface area contributed by atoms with Crippen molar-refractivity contribution in [3.05, 3.63) is 48.0 Å². The van der Waals surface area contributed by atoms with Crippen LogP contribution in [-0.2, 0) is 4.79 Å². The van der Waals surface area contributed by atoms with Crippen molar-refractivity contribution in [2.75, 3.05) is 46.6 Å². The molecular weight excluding hydrogens is 440 g/mol. The first-order valence-corrected chi connectivity index (χ1v) is 11.6. The zero-order valence-electron chi connectivity index (χ0n) is 19.3. The molecule has 9 heteroatoms. The first-order chi connectivity index (χ1) is 16.5. The van der Waals surface area contributed by atoms with E-state index in [1.165, 1.54) is 0 Å². The van der Waals surface area contributed by atoms with Crippen molar-refractivity contribution in [3.63, 3.8) is 0 Å². The van der Waals surface area contributed by atoms with Crippen molar-refractivity contribution in [2.45, 2.75) is 31.1 Å². The SMILES string of the molecule is COc1ccc(OCCC(=O)N[C@H](CN2CC[C@H](O)C2)C(O)c2ccc3c(c2)OCCO3)cc1. The predicted molar refractivity (Wildman–Crippen MR) is 124 cm³/mol. The molecular formula is C25H32N2O7. The summed E-state index contributed by atoms with van der Waals surface area (Å²) in [5.41, 5.74) is 0.628. The van der Waals surface area contributed by atoms with Crippen LogP contribution in [0.3, 0.4) is 0 Å². The molecule has 9 nitrogen and oxygen atoms in total. The molecule has 4 rings (SSSR count). The fourth-order valence-corrected chi connectivity index (χ4v) is 4.17. The number of likely N-dealkylation sites (tertiary alicyclic amines) is 1. The van der Waals surface area contributed by atoms with Crippen LogP contribution in [0.1, 0.15) is 24.5 Å². The van der Waals surface area contributed by atoms with Gasteiger partial charge in [0.25, 0.3) is 0 Å². The van der Waals surface area contributed by atoms with Crippen LogP contribution in [0.2, 0.25) is 0 Å². The summed E-state index contributed by atoms with van der Waals surface area (Å²) in [5, 5.41) is 24.0. The van der Waals surface area contributed by atoms with Crippen molar-refractivity contribution in [2.24, 2.45) is 0 Å². The van der Waals surface area contributed by atoms with Gasteiger partial charge in [0.15, 0.2) is 11.5 Å². The van der Waals surface area contributed by atoms with E-state index in [4.69, 9.17) is 18.9 Å². The topological polar surface area (TPSA) is 110 Å². The average molecular weight is 473 g/mol. The number of aliphatic hydroxyl groups excluding tert-OH is 2. The maximum atomic E-state index is 12.7. The largest absolute Gasteiger partial charge is 0.497 e. The number of ether oxygens (including phenoxy) is 4. The number of hydrogen-bond donors (Lipinski definition) is 3. The van der Waals surface area contributed by atoms with E-state index in [0.29, 0.717) is 62.1 Å². The Hall–Kier alpha value is -3.01. The van der Waals surface area contributed by atoms with Gasteiger partial charge in [0.1, 0.15) is 30.8 Å². The van der Waals surface area contributed by atoms with E-state index in [-0.39, 0.29) is 25.0 Å². The maximum Gasteiger partial charge on any atom is 0.223 e. The first-order valence-electron chi connectivity index (χ1n) is 11.6. The summed E-state index contributed by atoms with van der Waals surface area (Å²) < 4.78 is 22.0. The second-order valence-electron chi connectivity index (χ2n) is 8.50. The second kappa shape index (κ2) is 11.4. The molecule has 1 fully saturated rings. The van der Waals surface area contributed by atoms with Crippen molar-refractivity contribution in [3.8, 4) is 23.0 Å². The number of carbonyl (C=O) groups is 1. The van der Waals surface area contributed by atoms with Crippen LogP contribution >= 0.6 is 0 Å². The molecule has 2 aliphatic heterocycles. The van der Waals surface area contributed by atoms with Gasteiger partial charge in [0.05, 0.1) is 32.3 Å². The van der Waals surface area contributed by atoms with E-state index >= 15 is 0 Å². The number of nitrogens with one attached hydrogen (secondary N) is 1. The molecule has 2 aliphatic rings. The fraction of sp³-hybridized carbons (Fsp3) is 0.480. The van der Waals surface area contributed by atoms with Gasteiger partial charge >= 0.3 is 0 Å². The van der Waals surface area contributed by atoms with Crippen molar-refractivity contribution < 1.29 is 34.0 Å². The summed E-state index contributed by atoms with van der Waals surface area (Å²) >= 11 is 0. The molecule has 184 valence electrons.